The molecule has 0 bridgehead atoms. The molecule has 0 aromatic carbocycles. The van der Waals surface area contributed by atoms with Gasteiger partial charge >= 0.3 is 0 Å². The van der Waals surface area contributed by atoms with E-state index in [1.165, 1.54) is 38.8 Å². The van der Waals surface area contributed by atoms with Crippen molar-refractivity contribution in [3.63, 3.8) is 0 Å². The monoisotopic (exact) mass is 255 g/mol. The molecule has 3 nitrogen and oxygen atoms in total. The van der Waals surface area contributed by atoms with Crippen molar-refractivity contribution in [2.75, 3.05) is 13.1 Å². The minimum Gasteiger partial charge on any atom is -0.389 e. The SMILES string of the molecule is NC(=S)c1cnc(CN2CCCCCC2)s1. The van der Waals surface area contributed by atoms with Crippen LogP contribution in [0.2, 0.25) is 0 Å². The Kier molecular flexibility index (Phi) is 4.26. The molecule has 1 aliphatic rings. The van der Waals surface area contributed by atoms with Crippen LogP contribution in [0.25, 0.3) is 0 Å². The highest BCUT2D eigenvalue weighted by atomic mass is 32.1. The molecule has 1 saturated heterocycles. The van der Waals surface area contributed by atoms with E-state index >= 15 is 0 Å². The Morgan fingerprint density at radius 3 is 2.62 bits per heavy atom. The predicted molar refractivity (Wildman–Crippen MR) is 71.7 cm³/mol. The highest BCUT2D eigenvalue weighted by Gasteiger charge is 2.12. The van der Waals surface area contributed by atoms with Crippen LogP contribution < -0.4 is 5.73 Å². The smallest absolute Gasteiger partial charge is 0.115 e. The molecule has 0 atom stereocenters. The van der Waals surface area contributed by atoms with Gasteiger partial charge in [0.25, 0.3) is 0 Å². The Balaban J connectivity index is 1.94. The zero-order valence-electron chi connectivity index (χ0n) is 9.32. The number of hydrogen-bond donors (Lipinski definition) is 1. The van der Waals surface area contributed by atoms with Gasteiger partial charge in [0.2, 0.25) is 0 Å². The van der Waals surface area contributed by atoms with Gasteiger partial charge < -0.3 is 5.73 Å². The maximum absolute atomic E-state index is 5.57. The third kappa shape index (κ3) is 3.23. The Labute approximate surface area is 106 Å². The Morgan fingerprint density at radius 2 is 2.06 bits per heavy atom. The molecule has 16 heavy (non-hydrogen) atoms. The van der Waals surface area contributed by atoms with Crippen molar-refractivity contribution >= 4 is 28.5 Å². The molecule has 2 N–H and O–H groups in total. The number of nitrogens with two attached hydrogens (primary N) is 1. The predicted octanol–water partition coefficient (Wildman–Crippen LogP) is 2.15. The quantitative estimate of drug-likeness (QED) is 0.840. The lowest BCUT2D eigenvalue weighted by Crippen LogP contribution is -2.23. The molecule has 0 spiro atoms. The summed E-state index contributed by atoms with van der Waals surface area (Å²) in [7, 11) is 0. The number of thiazole rings is 1. The van der Waals surface area contributed by atoms with Crippen molar-refractivity contribution in [3.8, 4) is 0 Å². The second-order valence-corrected chi connectivity index (χ2v) is 5.73. The first-order valence-electron chi connectivity index (χ1n) is 5.72. The minimum absolute atomic E-state index is 0.458. The number of hydrogen-bond acceptors (Lipinski definition) is 4. The number of nitrogens with zero attached hydrogens (tertiary/aromatic N) is 2. The molecule has 0 saturated carbocycles. The standard InChI is InChI=1S/C11H17N3S2/c12-11(15)9-7-13-10(16-9)8-14-5-3-1-2-4-6-14/h7H,1-6,8H2,(H2,12,15). The van der Waals surface area contributed by atoms with Crippen molar-refractivity contribution in [2.24, 2.45) is 5.73 Å². The zero-order chi connectivity index (χ0) is 11.4. The van der Waals surface area contributed by atoms with E-state index in [1.54, 1.807) is 17.5 Å². The third-order valence-corrected chi connectivity index (χ3v) is 4.22. The normalized spacial score (nSPS) is 18.2. The van der Waals surface area contributed by atoms with Crippen LogP contribution in [0.5, 0.6) is 0 Å². The lowest BCUT2D eigenvalue weighted by Gasteiger charge is -2.17. The van der Waals surface area contributed by atoms with E-state index in [0.29, 0.717) is 4.99 Å². The van der Waals surface area contributed by atoms with Crippen molar-refractivity contribution in [1.29, 1.82) is 0 Å². The van der Waals surface area contributed by atoms with Crippen LogP contribution in [0, 0.1) is 0 Å². The highest BCUT2D eigenvalue weighted by Crippen LogP contribution is 2.17. The Bertz CT molecular complexity index is 354. The van der Waals surface area contributed by atoms with E-state index in [1.807, 2.05) is 0 Å². The molecule has 0 amide bonds. The van der Waals surface area contributed by atoms with Gasteiger partial charge in [0, 0.05) is 6.20 Å². The fourth-order valence-corrected chi connectivity index (χ4v) is 2.97. The summed E-state index contributed by atoms with van der Waals surface area (Å²) in [5.74, 6) is 0. The van der Waals surface area contributed by atoms with Crippen LogP contribution in [-0.2, 0) is 6.54 Å². The molecular weight excluding hydrogens is 238 g/mol. The Hall–Kier alpha value is -0.520. The summed E-state index contributed by atoms with van der Waals surface area (Å²) < 4.78 is 0. The summed E-state index contributed by atoms with van der Waals surface area (Å²) in [6.45, 7) is 3.34. The second kappa shape index (κ2) is 5.70. The summed E-state index contributed by atoms with van der Waals surface area (Å²) >= 11 is 6.56. The van der Waals surface area contributed by atoms with E-state index in [2.05, 4.69) is 9.88 Å². The third-order valence-electron chi connectivity index (χ3n) is 2.85. The van der Waals surface area contributed by atoms with E-state index in [-0.39, 0.29) is 0 Å². The van der Waals surface area contributed by atoms with Crippen molar-refractivity contribution in [1.82, 2.24) is 9.88 Å². The second-order valence-electron chi connectivity index (χ2n) is 4.17. The molecule has 1 aliphatic heterocycles. The lowest BCUT2D eigenvalue weighted by molar-refractivity contribution is 0.276. The molecule has 5 heteroatoms. The minimum atomic E-state index is 0.458. The highest BCUT2D eigenvalue weighted by molar-refractivity contribution is 7.81. The van der Waals surface area contributed by atoms with Gasteiger partial charge in [-0.15, -0.1) is 11.3 Å². The Morgan fingerprint density at radius 1 is 1.38 bits per heavy atom. The van der Waals surface area contributed by atoms with Crippen molar-refractivity contribution < 1.29 is 0 Å². The fraction of sp³-hybridized carbons (Fsp3) is 0.636. The largest absolute Gasteiger partial charge is 0.389 e. The van der Waals surface area contributed by atoms with Gasteiger partial charge in [-0.3, -0.25) is 4.90 Å². The first kappa shape index (κ1) is 12.0. The first-order valence-corrected chi connectivity index (χ1v) is 6.95. The molecule has 0 unspecified atom stereocenters. The van der Waals surface area contributed by atoms with E-state index in [4.69, 9.17) is 18.0 Å². The van der Waals surface area contributed by atoms with Gasteiger partial charge in [0.05, 0.1) is 11.4 Å². The van der Waals surface area contributed by atoms with Crippen LogP contribution in [-0.4, -0.2) is 28.0 Å². The van der Waals surface area contributed by atoms with Gasteiger partial charge in [0.1, 0.15) is 10.00 Å². The van der Waals surface area contributed by atoms with Gasteiger partial charge in [-0.05, 0) is 25.9 Å². The number of aromatic nitrogens is 1. The number of rotatable bonds is 3. The molecule has 0 radical (unpaired) electrons. The molecule has 1 aromatic rings. The maximum atomic E-state index is 5.57. The van der Waals surface area contributed by atoms with Gasteiger partial charge in [-0.1, -0.05) is 25.1 Å². The summed E-state index contributed by atoms with van der Waals surface area (Å²) in [4.78, 5) is 8.24. The van der Waals surface area contributed by atoms with Crippen molar-refractivity contribution in [3.05, 3.63) is 16.1 Å². The molecule has 1 fully saturated rings. The van der Waals surface area contributed by atoms with E-state index in [0.717, 1.165) is 16.4 Å². The summed E-state index contributed by atoms with van der Waals surface area (Å²) in [6, 6.07) is 0. The number of likely N-dealkylation sites (tertiary alicyclic amines) is 1. The van der Waals surface area contributed by atoms with Gasteiger partial charge in [-0.2, -0.15) is 0 Å². The summed E-state index contributed by atoms with van der Waals surface area (Å²) in [5, 5.41) is 1.13. The van der Waals surface area contributed by atoms with Crippen LogP contribution in [0.15, 0.2) is 6.20 Å². The molecule has 2 heterocycles. The average Bonchev–Trinajstić information content (AvgIpc) is 2.56. The van der Waals surface area contributed by atoms with E-state index < -0.39 is 0 Å². The average molecular weight is 255 g/mol. The fourth-order valence-electron chi connectivity index (χ4n) is 1.98. The van der Waals surface area contributed by atoms with Crippen LogP contribution in [0.3, 0.4) is 0 Å². The molecule has 0 aliphatic carbocycles. The summed E-state index contributed by atoms with van der Waals surface area (Å²) in [6.07, 6.45) is 7.15. The molecule has 88 valence electrons. The van der Waals surface area contributed by atoms with Crippen LogP contribution in [0.4, 0.5) is 0 Å². The van der Waals surface area contributed by atoms with Crippen molar-refractivity contribution in [2.45, 2.75) is 32.2 Å². The zero-order valence-corrected chi connectivity index (χ0v) is 10.9. The molecule has 1 aromatic heterocycles. The maximum Gasteiger partial charge on any atom is 0.115 e. The summed E-state index contributed by atoms with van der Waals surface area (Å²) in [5.41, 5.74) is 5.57. The van der Waals surface area contributed by atoms with Crippen LogP contribution in [0.1, 0.15) is 35.6 Å². The topological polar surface area (TPSA) is 42.1 Å². The van der Waals surface area contributed by atoms with Gasteiger partial charge in [0.15, 0.2) is 0 Å². The van der Waals surface area contributed by atoms with E-state index in [9.17, 15) is 0 Å². The molecule has 2 rings (SSSR count). The molecular formula is C11H17N3S2. The lowest BCUT2D eigenvalue weighted by atomic mass is 10.2. The first-order chi connectivity index (χ1) is 7.75. The van der Waals surface area contributed by atoms with Crippen LogP contribution >= 0.6 is 23.6 Å². The van der Waals surface area contributed by atoms with Gasteiger partial charge in [-0.25, -0.2) is 4.98 Å². The number of thiocarbonyl (C=S) groups is 1.